The zero-order valence-corrected chi connectivity index (χ0v) is 11.5. The minimum Gasteiger partial charge on any atom is -0.342 e. The van der Waals surface area contributed by atoms with E-state index in [1.807, 2.05) is 0 Å². The van der Waals surface area contributed by atoms with Gasteiger partial charge in [-0.1, -0.05) is 13.0 Å². The molecule has 2 heterocycles. The van der Waals surface area contributed by atoms with Crippen molar-refractivity contribution in [2.75, 3.05) is 0 Å². The van der Waals surface area contributed by atoms with Crippen LogP contribution < -0.4 is 0 Å². The number of H-pyrrole nitrogens is 1. The molecule has 0 radical (unpaired) electrons. The number of hydrogen-bond acceptors (Lipinski definition) is 2. The van der Waals surface area contributed by atoms with E-state index in [0.717, 1.165) is 29.7 Å². The SMILES string of the molecule is CCCc1nc2c(C)cc(-c3cccs3)cc2[nH]1. The Morgan fingerprint density at radius 3 is 2.94 bits per heavy atom. The lowest BCUT2D eigenvalue weighted by atomic mass is 10.1. The van der Waals surface area contributed by atoms with Gasteiger partial charge in [0.1, 0.15) is 5.82 Å². The van der Waals surface area contributed by atoms with Gasteiger partial charge in [-0.3, -0.25) is 0 Å². The number of hydrogen-bond donors (Lipinski definition) is 1. The molecular formula is C15H16N2S. The molecule has 0 aliphatic rings. The highest BCUT2D eigenvalue weighted by Gasteiger charge is 2.08. The minimum atomic E-state index is 1.02. The fourth-order valence-electron chi connectivity index (χ4n) is 2.28. The molecule has 3 heteroatoms. The number of nitrogens with one attached hydrogen (secondary N) is 1. The Bertz CT molecular complexity index is 665. The van der Waals surface area contributed by atoms with Crippen LogP contribution in [-0.2, 0) is 6.42 Å². The highest BCUT2D eigenvalue weighted by atomic mass is 32.1. The van der Waals surface area contributed by atoms with Crippen molar-refractivity contribution in [3.05, 3.63) is 41.0 Å². The smallest absolute Gasteiger partial charge is 0.107 e. The van der Waals surface area contributed by atoms with Crippen LogP contribution in [0.5, 0.6) is 0 Å². The Hall–Kier alpha value is -1.61. The molecule has 1 N–H and O–H groups in total. The van der Waals surface area contributed by atoms with Crippen molar-refractivity contribution in [2.45, 2.75) is 26.7 Å². The second kappa shape index (κ2) is 4.58. The normalized spacial score (nSPS) is 11.2. The molecule has 0 aliphatic carbocycles. The average Bonchev–Trinajstić information content (AvgIpc) is 2.97. The van der Waals surface area contributed by atoms with Gasteiger partial charge in [-0.05, 0) is 48.1 Å². The molecule has 0 amide bonds. The molecule has 0 bridgehead atoms. The van der Waals surface area contributed by atoms with Gasteiger partial charge in [0.25, 0.3) is 0 Å². The molecule has 2 aromatic heterocycles. The van der Waals surface area contributed by atoms with Crippen molar-refractivity contribution in [2.24, 2.45) is 0 Å². The number of thiophene rings is 1. The number of aromatic amines is 1. The lowest BCUT2D eigenvalue weighted by molar-refractivity contribution is 0.861. The summed E-state index contributed by atoms with van der Waals surface area (Å²) >= 11 is 1.78. The highest BCUT2D eigenvalue weighted by molar-refractivity contribution is 7.13. The summed E-state index contributed by atoms with van der Waals surface area (Å²) in [5, 5.41) is 2.12. The molecule has 3 rings (SSSR count). The van der Waals surface area contributed by atoms with E-state index in [2.05, 4.69) is 53.5 Å². The van der Waals surface area contributed by atoms with Crippen molar-refractivity contribution < 1.29 is 0 Å². The maximum atomic E-state index is 4.67. The first kappa shape index (κ1) is 11.5. The molecule has 0 unspecified atom stereocenters. The van der Waals surface area contributed by atoms with Gasteiger partial charge in [-0.15, -0.1) is 11.3 Å². The molecule has 0 spiro atoms. The van der Waals surface area contributed by atoms with E-state index in [0.29, 0.717) is 0 Å². The highest BCUT2D eigenvalue weighted by Crippen LogP contribution is 2.29. The van der Waals surface area contributed by atoms with Gasteiger partial charge in [0, 0.05) is 11.3 Å². The maximum Gasteiger partial charge on any atom is 0.107 e. The molecule has 0 atom stereocenters. The Labute approximate surface area is 111 Å². The van der Waals surface area contributed by atoms with Crippen LogP contribution in [0.15, 0.2) is 29.6 Å². The second-order valence-electron chi connectivity index (χ2n) is 4.60. The summed E-state index contributed by atoms with van der Waals surface area (Å²) in [7, 11) is 0. The number of imidazole rings is 1. The van der Waals surface area contributed by atoms with Crippen LogP contribution in [0.25, 0.3) is 21.5 Å². The predicted octanol–water partition coefficient (Wildman–Crippen LogP) is 4.55. The van der Waals surface area contributed by atoms with Crippen molar-refractivity contribution in [3.63, 3.8) is 0 Å². The van der Waals surface area contributed by atoms with Gasteiger partial charge >= 0.3 is 0 Å². The van der Waals surface area contributed by atoms with E-state index in [1.165, 1.54) is 16.0 Å². The monoisotopic (exact) mass is 256 g/mol. The summed E-state index contributed by atoms with van der Waals surface area (Å²) in [5.41, 5.74) is 4.79. The molecule has 3 aromatic rings. The molecule has 0 fully saturated rings. The third kappa shape index (κ3) is 1.95. The summed E-state index contributed by atoms with van der Waals surface area (Å²) in [5.74, 6) is 1.10. The molecule has 2 nitrogen and oxygen atoms in total. The number of fused-ring (bicyclic) bond motifs is 1. The quantitative estimate of drug-likeness (QED) is 0.731. The largest absolute Gasteiger partial charge is 0.342 e. The van der Waals surface area contributed by atoms with E-state index < -0.39 is 0 Å². The van der Waals surface area contributed by atoms with Gasteiger partial charge < -0.3 is 4.98 Å². The first-order valence-electron chi connectivity index (χ1n) is 6.31. The first-order chi connectivity index (χ1) is 8.78. The summed E-state index contributed by atoms with van der Waals surface area (Å²) in [4.78, 5) is 9.42. The van der Waals surface area contributed by atoms with Crippen molar-refractivity contribution in [1.29, 1.82) is 0 Å². The average molecular weight is 256 g/mol. The Balaban J connectivity index is 2.14. The standard InChI is InChI=1S/C15H16N2S/c1-3-5-14-16-12-9-11(13-6-4-7-18-13)8-10(2)15(12)17-14/h4,6-9H,3,5H2,1-2H3,(H,16,17). The third-order valence-corrected chi connectivity index (χ3v) is 4.04. The maximum absolute atomic E-state index is 4.67. The van der Waals surface area contributed by atoms with E-state index in [9.17, 15) is 0 Å². The van der Waals surface area contributed by atoms with Crippen LogP contribution >= 0.6 is 11.3 Å². The Kier molecular flexibility index (Phi) is 2.92. The summed E-state index contributed by atoms with van der Waals surface area (Å²) < 4.78 is 0. The van der Waals surface area contributed by atoms with Gasteiger partial charge in [0.2, 0.25) is 0 Å². The van der Waals surface area contributed by atoms with Gasteiger partial charge in [-0.2, -0.15) is 0 Å². The fourth-order valence-corrected chi connectivity index (χ4v) is 3.00. The molecule has 0 saturated heterocycles. The van der Waals surface area contributed by atoms with E-state index >= 15 is 0 Å². The summed E-state index contributed by atoms with van der Waals surface area (Å²) in [6, 6.07) is 8.69. The molecule has 18 heavy (non-hydrogen) atoms. The van der Waals surface area contributed by atoms with Crippen molar-refractivity contribution >= 4 is 22.4 Å². The number of rotatable bonds is 3. The van der Waals surface area contributed by atoms with Gasteiger partial charge in [0.15, 0.2) is 0 Å². The van der Waals surface area contributed by atoms with Crippen LogP contribution in [-0.4, -0.2) is 9.97 Å². The van der Waals surface area contributed by atoms with Crippen molar-refractivity contribution in [3.8, 4) is 10.4 Å². The molecular weight excluding hydrogens is 240 g/mol. The Morgan fingerprint density at radius 1 is 1.33 bits per heavy atom. The summed E-state index contributed by atoms with van der Waals surface area (Å²) in [6.07, 6.45) is 2.14. The van der Waals surface area contributed by atoms with Crippen LogP contribution in [0.2, 0.25) is 0 Å². The van der Waals surface area contributed by atoms with Gasteiger partial charge in [0.05, 0.1) is 11.0 Å². The van der Waals surface area contributed by atoms with E-state index in [-0.39, 0.29) is 0 Å². The third-order valence-electron chi connectivity index (χ3n) is 3.12. The number of benzene rings is 1. The van der Waals surface area contributed by atoms with Gasteiger partial charge in [-0.25, -0.2) is 4.98 Å². The number of aromatic nitrogens is 2. The lowest BCUT2D eigenvalue weighted by Crippen LogP contribution is -1.84. The first-order valence-corrected chi connectivity index (χ1v) is 7.19. The number of aryl methyl sites for hydroxylation is 2. The zero-order valence-electron chi connectivity index (χ0n) is 10.7. The number of nitrogens with zero attached hydrogens (tertiary/aromatic N) is 1. The lowest BCUT2D eigenvalue weighted by Gasteiger charge is -2.00. The Morgan fingerprint density at radius 2 is 2.22 bits per heavy atom. The van der Waals surface area contributed by atoms with Crippen LogP contribution in [0.3, 0.4) is 0 Å². The fraction of sp³-hybridized carbons (Fsp3) is 0.267. The van der Waals surface area contributed by atoms with Crippen molar-refractivity contribution in [1.82, 2.24) is 9.97 Å². The van der Waals surface area contributed by atoms with E-state index in [1.54, 1.807) is 11.3 Å². The zero-order chi connectivity index (χ0) is 12.5. The molecule has 0 aliphatic heterocycles. The van der Waals surface area contributed by atoms with Crippen LogP contribution in [0.1, 0.15) is 24.7 Å². The van der Waals surface area contributed by atoms with Crippen LogP contribution in [0, 0.1) is 6.92 Å². The predicted molar refractivity (Wildman–Crippen MR) is 78.1 cm³/mol. The molecule has 92 valence electrons. The topological polar surface area (TPSA) is 28.7 Å². The molecule has 1 aromatic carbocycles. The minimum absolute atomic E-state index is 1.02. The van der Waals surface area contributed by atoms with E-state index in [4.69, 9.17) is 0 Å². The molecule has 0 saturated carbocycles. The second-order valence-corrected chi connectivity index (χ2v) is 5.55. The summed E-state index contributed by atoms with van der Waals surface area (Å²) in [6.45, 7) is 4.31. The van der Waals surface area contributed by atoms with Crippen LogP contribution in [0.4, 0.5) is 0 Å².